The number of aliphatic imine (C=N–C) groups is 1. The minimum absolute atomic E-state index is 0.0453. The Morgan fingerprint density at radius 2 is 2.26 bits per heavy atom. The quantitative estimate of drug-likeness (QED) is 0.816. The standard InChI is InChI=1S/C19H16FN5OS/c1-11-8-19(2,25-18(22)27-11)16-7-12(3-4-23-16)6-15(26)17-14(20)5-13(9-21)10-24-17/h3-5,7,10H,1,6,8H2,2H3,(H2,22,25)/t19-/m0/s1. The molecule has 1 atom stereocenters. The molecule has 2 aromatic heterocycles. The van der Waals surface area contributed by atoms with Crippen molar-refractivity contribution in [2.24, 2.45) is 10.7 Å². The molecule has 0 saturated heterocycles. The number of amidine groups is 1. The second-order valence-electron chi connectivity index (χ2n) is 6.36. The van der Waals surface area contributed by atoms with E-state index in [-0.39, 0.29) is 17.7 Å². The molecule has 0 spiro atoms. The van der Waals surface area contributed by atoms with Gasteiger partial charge in [-0.3, -0.25) is 9.78 Å². The Morgan fingerprint density at radius 1 is 1.48 bits per heavy atom. The lowest BCUT2D eigenvalue weighted by Gasteiger charge is -2.30. The summed E-state index contributed by atoms with van der Waals surface area (Å²) in [4.78, 5) is 26.0. The maximum Gasteiger partial charge on any atom is 0.188 e. The lowest BCUT2D eigenvalue weighted by molar-refractivity contribution is 0.0984. The van der Waals surface area contributed by atoms with E-state index in [2.05, 4.69) is 21.5 Å². The molecule has 2 N–H and O–H groups in total. The Hall–Kier alpha value is -3.05. The highest BCUT2D eigenvalue weighted by atomic mass is 32.2. The summed E-state index contributed by atoms with van der Waals surface area (Å²) < 4.78 is 14.0. The topological polar surface area (TPSA) is 105 Å². The van der Waals surface area contributed by atoms with Crippen LogP contribution in [0.25, 0.3) is 0 Å². The number of carbonyl (C=O) groups excluding carboxylic acids is 1. The number of hydrogen-bond acceptors (Lipinski definition) is 7. The van der Waals surface area contributed by atoms with Crippen molar-refractivity contribution in [2.45, 2.75) is 25.3 Å². The highest BCUT2D eigenvalue weighted by Gasteiger charge is 2.33. The number of nitrogens with two attached hydrogens (primary N) is 1. The first-order valence-electron chi connectivity index (χ1n) is 8.06. The van der Waals surface area contributed by atoms with Crippen LogP contribution in [0, 0.1) is 17.1 Å². The van der Waals surface area contributed by atoms with Gasteiger partial charge in [-0.25, -0.2) is 14.4 Å². The van der Waals surface area contributed by atoms with Gasteiger partial charge in [0.2, 0.25) is 0 Å². The van der Waals surface area contributed by atoms with Crippen molar-refractivity contribution in [2.75, 3.05) is 0 Å². The van der Waals surface area contributed by atoms with E-state index in [0.29, 0.717) is 22.8 Å². The molecular formula is C19H16FN5OS. The van der Waals surface area contributed by atoms with Crippen molar-refractivity contribution in [3.63, 3.8) is 0 Å². The van der Waals surface area contributed by atoms with Gasteiger partial charge in [0.05, 0.1) is 11.3 Å². The Morgan fingerprint density at radius 3 is 2.93 bits per heavy atom. The van der Waals surface area contributed by atoms with Crippen LogP contribution < -0.4 is 5.73 Å². The van der Waals surface area contributed by atoms with Crippen LogP contribution in [0.15, 0.2) is 47.1 Å². The Balaban J connectivity index is 1.86. The fourth-order valence-corrected chi connectivity index (χ4v) is 3.77. The molecule has 8 heteroatoms. The van der Waals surface area contributed by atoms with Crippen LogP contribution in [-0.2, 0) is 12.0 Å². The molecule has 0 aliphatic carbocycles. The zero-order valence-electron chi connectivity index (χ0n) is 14.6. The molecule has 6 nitrogen and oxygen atoms in total. The highest BCUT2D eigenvalue weighted by molar-refractivity contribution is 8.17. The summed E-state index contributed by atoms with van der Waals surface area (Å²) in [5.41, 5.74) is 6.30. The van der Waals surface area contributed by atoms with E-state index >= 15 is 0 Å². The first kappa shape index (κ1) is 18.7. The minimum Gasteiger partial charge on any atom is -0.378 e. The van der Waals surface area contributed by atoms with Crippen molar-refractivity contribution in [3.05, 3.63) is 70.4 Å². The summed E-state index contributed by atoms with van der Waals surface area (Å²) in [6.45, 7) is 5.87. The van der Waals surface area contributed by atoms with Crippen molar-refractivity contribution in [3.8, 4) is 6.07 Å². The average molecular weight is 381 g/mol. The fraction of sp³-hybridized carbons (Fsp3) is 0.211. The van der Waals surface area contributed by atoms with E-state index in [0.717, 1.165) is 11.0 Å². The molecule has 0 amide bonds. The number of nitrogens with zero attached hydrogens (tertiary/aromatic N) is 4. The zero-order valence-corrected chi connectivity index (χ0v) is 15.4. The number of thioether (sulfide) groups is 1. The fourth-order valence-electron chi connectivity index (χ4n) is 2.87. The van der Waals surface area contributed by atoms with Gasteiger partial charge in [-0.2, -0.15) is 5.26 Å². The maximum atomic E-state index is 14.0. The van der Waals surface area contributed by atoms with E-state index in [1.807, 2.05) is 6.92 Å². The van der Waals surface area contributed by atoms with Crippen molar-refractivity contribution in [1.29, 1.82) is 5.26 Å². The molecule has 3 heterocycles. The van der Waals surface area contributed by atoms with Crippen LogP contribution in [0.5, 0.6) is 0 Å². The predicted octanol–water partition coefficient (Wildman–Crippen LogP) is 3.09. The van der Waals surface area contributed by atoms with Gasteiger partial charge >= 0.3 is 0 Å². The molecule has 1 aliphatic heterocycles. The van der Waals surface area contributed by atoms with Gasteiger partial charge in [0.15, 0.2) is 16.8 Å². The number of Topliss-reactive ketones (excluding diaryl/α,β-unsaturated/α-hetero) is 1. The van der Waals surface area contributed by atoms with E-state index in [1.165, 1.54) is 18.0 Å². The largest absolute Gasteiger partial charge is 0.378 e. The first-order valence-corrected chi connectivity index (χ1v) is 8.87. The van der Waals surface area contributed by atoms with Crippen molar-refractivity contribution < 1.29 is 9.18 Å². The smallest absolute Gasteiger partial charge is 0.188 e. The molecular weight excluding hydrogens is 365 g/mol. The molecule has 0 aromatic carbocycles. The third-order valence-corrected chi connectivity index (χ3v) is 4.86. The van der Waals surface area contributed by atoms with E-state index in [9.17, 15) is 9.18 Å². The Labute approximate surface area is 160 Å². The second-order valence-corrected chi connectivity index (χ2v) is 7.56. The average Bonchev–Trinajstić information content (AvgIpc) is 2.60. The molecule has 3 rings (SSSR count). The molecule has 0 fully saturated rings. The Bertz CT molecular complexity index is 1010. The summed E-state index contributed by atoms with van der Waals surface area (Å²) in [6.07, 6.45) is 3.30. The summed E-state index contributed by atoms with van der Waals surface area (Å²) in [7, 11) is 0. The molecule has 0 unspecified atom stereocenters. The number of halogens is 1. The highest BCUT2D eigenvalue weighted by Crippen LogP contribution is 2.39. The van der Waals surface area contributed by atoms with Crippen LogP contribution in [-0.4, -0.2) is 20.9 Å². The molecule has 0 radical (unpaired) electrons. The van der Waals surface area contributed by atoms with Gasteiger partial charge in [-0.15, -0.1) is 0 Å². The first-order chi connectivity index (χ1) is 12.8. The summed E-state index contributed by atoms with van der Waals surface area (Å²) >= 11 is 1.33. The lowest BCUT2D eigenvalue weighted by Crippen LogP contribution is -2.28. The maximum absolute atomic E-state index is 14.0. The number of pyridine rings is 2. The number of aromatic nitrogens is 2. The van der Waals surface area contributed by atoms with Crippen LogP contribution in [0.2, 0.25) is 0 Å². The summed E-state index contributed by atoms with van der Waals surface area (Å²) in [5, 5.41) is 9.18. The van der Waals surface area contributed by atoms with Crippen molar-refractivity contribution >= 4 is 22.7 Å². The molecule has 136 valence electrons. The normalized spacial score (nSPS) is 19.3. The van der Waals surface area contributed by atoms with E-state index < -0.39 is 17.1 Å². The van der Waals surface area contributed by atoms with E-state index in [4.69, 9.17) is 11.0 Å². The Kier molecular flexibility index (Phi) is 5.06. The second kappa shape index (κ2) is 7.29. The van der Waals surface area contributed by atoms with Gasteiger partial charge in [-0.05, 0) is 35.6 Å². The van der Waals surface area contributed by atoms with Gasteiger partial charge < -0.3 is 5.73 Å². The van der Waals surface area contributed by atoms with Gasteiger partial charge in [0.1, 0.15) is 17.3 Å². The monoisotopic (exact) mass is 381 g/mol. The van der Waals surface area contributed by atoms with Crippen LogP contribution in [0.3, 0.4) is 0 Å². The SMILES string of the molecule is C=C1C[C@@](C)(c2cc(CC(=O)c3ncc(C#N)cc3F)ccn2)N=C(N)S1. The van der Waals surface area contributed by atoms with Crippen molar-refractivity contribution in [1.82, 2.24) is 9.97 Å². The lowest BCUT2D eigenvalue weighted by atomic mass is 9.92. The van der Waals surface area contributed by atoms with Crippen LogP contribution in [0.4, 0.5) is 4.39 Å². The molecule has 0 bridgehead atoms. The zero-order chi connectivity index (χ0) is 19.6. The number of hydrogen-bond donors (Lipinski definition) is 1. The van der Waals surface area contributed by atoms with Gasteiger partial charge in [-0.1, -0.05) is 18.3 Å². The van der Waals surface area contributed by atoms with Crippen LogP contribution >= 0.6 is 11.8 Å². The molecule has 2 aromatic rings. The van der Waals surface area contributed by atoms with Gasteiger partial charge in [0.25, 0.3) is 0 Å². The summed E-state index contributed by atoms with van der Waals surface area (Å²) in [6, 6.07) is 6.24. The minimum atomic E-state index is -0.807. The molecule has 1 aliphatic rings. The summed E-state index contributed by atoms with van der Waals surface area (Å²) in [5.74, 6) is -1.29. The number of carbonyl (C=O) groups is 1. The number of ketones is 1. The van der Waals surface area contributed by atoms with Gasteiger partial charge in [0, 0.05) is 25.2 Å². The number of nitriles is 1. The molecule has 0 saturated carbocycles. The van der Waals surface area contributed by atoms with Crippen LogP contribution in [0.1, 0.15) is 40.7 Å². The number of rotatable bonds is 4. The molecule has 27 heavy (non-hydrogen) atoms. The third-order valence-electron chi connectivity index (χ3n) is 4.12. The predicted molar refractivity (Wildman–Crippen MR) is 102 cm³/mol. The third kappa shape index (κ3) is 4.04. The van der Waals surface area contributed by atoms with E-state index in [1.54, 1.807) is 24.4 Å².